The number of piperidine rings is 1. The Balaban J connectivity index is 1.65. The Kier molecular flexibility index (Phi) is 4.76. The second-order valence-electron chi connectivity index (χ2n) is 5.61. The molecule has 0 saturated carbocycles. The van der Waals surface area contributed by atoms with E-state index in [9.17, 15) is 4.79 Å². The third kappa shape index (κ3) is 3.67. The van der Waals surface area contributed by atoms with Crippen LogP contribution in [0.2, 0.25) is 5.02 Å². The average Bonchev–Trinajstić information content (AvgIpc) is 2.57. The summed E-state index contributed by atoms with van der Waals surface area (Å²) in [4.78, 5) is 12.1. The van der Waals surface area contributed by atoms with Crippen LogP contribution in [0.4, 0.5) is 5.69 Å². The second kappa shape index (κ2) is 6.95. The first-order chi connectivity index (χ1) is 10.7. The molecule has 2 aromatic rings. The highest BCUT2D eigenvalue weighted by Crippen LogP contribution is 2.26. The van der Waals surface area contributed by atoms with Crippen LogP contribution in [-0.2, 0) is 0 Å². The van der Waals surface area contributed by atoms with Gasteiger partial charge in [-0.3, -0.25) is 4.79 Å². The SMILES string of the molecule is O=C(Nc1ccc(C2CCNCC2)cc1)c1ccc(Cl)cc1. The van der Waals surface area contributed by atoms with Crippen LogP contribution in [0.25, 0.3) is 0 Å². The molecule has 3 rings (SSSR count). The number of hydrogen-bond acceptors (Lipinski definition) is 2. The van der Waals surface area contributed by atoms with Gasteiger partial charge >= 0.3 is 0 Å². The van der Waals surface area contributed by atoms with E-state index in [2.05, 4.69) is 22.8 Å². The molecule has 3 nitrogen and oxygen atoms in total. The molecule has 0 aromatic heterocycles. The quantitative estimate of drug-likeness (QED) is 0.897. The lowest BCUT2D eigenvalue weighted by Gasteiger charge is -2.23. The molecule has 1 saturated heterocycles. The minimum absolute atomic E-state index is 0.119. The number of carbonyl (C=O) groups excluding carboxylic acids is 1. The summed E-state index contributed by atoms with van der Waals surface area (Å²) < 4.78 is 0. The lowest BCUT2D eigenvalue weighted by Crippen LogP contribution is -2.26. The van der Waals surface area contributed by atoms with Gasteiger partial charge in [0.2, 0.25) is 0 Å². The Hall–Kier alpha value is -1.84. The molecule has 0 radical (unpaired) electrons. The number of benzene rings is 2. The summed E-state index contributed by atoms with van der Waals surface area (Å²) in [6, 6.07) is 15.1. The number of carbonyl (C=O) groups is 1. The van der Waals surface area contributed by atoms with E-state index < -0.39 is 0 Å². The van der Waals surface area contributed by atoms with Crippen LogP contribution in [0.5, 0.6) is 0 Å². The van der Waals surface area contributed by atoms with E-state index in [0.29, 0.717) is 16.5 Å². The van der Waals surface area contributed by atoms with E-state index in [1.807, 2.05) is 12.1 Å². The lowest BCUT2D eigenvalue weighted by molar-refractivity contribution is 0.102. The smallest absolute Gasteiger partial charge is 0.255 e. The van der Waals surface area contributed by atoms with Crippen molar-refractivity contribution >= 4 is 23.2 Å². The van der Waals surface area contributed by atoms with Crippen LogP contribution >= 0.6 is 11.6 Å². The monoisotopic (exact) mass is 314 g/mol. The number of nitrogens with one attached hydrogen (secondary N) is 2. The van der Waals surface area contributed by atoms with Crippen molar-refractivity contribution in [2.45, 2.75) is 18.8 Å². The van der Waals surface area contributed by atoms with E-state index in [0.717, 1.165) is 18.8 Å². The van der Waals surface area contributed by atoms with Gasteiger partial charge < -0.3 is 10.6 Å². The van der Waals surface area contributed by atoms with Crippen molar-refractivity contribution in [2.75, 3.05) is 18.4 Å². The molecule has 0 bridgehead atoms. The van der Waals surface area contributed by atoms with Gasteiger partial charge in [-0.15, -0.1) is 0 Å². The highest BCUT2D eigenvalue weighted by Gasteiger charge is 2.15. The fourth-order valence-corrected chi connectivity index (χ4v) is 2.92. The molecule has 0 spiro atoms. The van der Waals surface area contributed by atoms with Crippen molar-refractivity contribution in [1.29, 1.82) is 0 Å². The van der Waals surface area contributed by atoms with Crippen molar-refractivity contribution in [2.24, 2.45) is 0 Å². The van der Waals surface area contributed by atoms with Crippen LogP contribution < -0.4 is 10.6 Å². The van der Waals surface area contributed by atoms with E-state index in [1.54, 1.807) is 24.3 Å². The molecule has 0 unspecified atom stereocenters. The van der Waals surface area contributed by atoms with Crippen LogP contribution in [0.3, 0.4) is 0 Å². The van der Waals surface area contributed by atoms with Gasteiger partial charge in [0, 0.05) is 16.3 Å². The lowest BCUT2D eigenvalue weighted by atomic mass is 9.90. The third-order valence-electron chi connectivity index (χ3n) is 4.09. The average molecular weight is 315 g/mol. The molecular weight excluding hydrogens is 296 g/mol. The standard InChI is InChI=1S/C18H19ClN2O/c19-16-5-1-15(2-6-16)18(22)21-17-7-3-13(4-8-17)14-9-11-20-12-10-14/h1-8,14,20H,9-12H2,(H,21,22). The van der Waals surface area contributed by atoms with Crippen molar-refractivity contribution in [3.05, 3.63) is 64.7 Å². The maximum Gasteiger partial charge on any atom is 0.255 e. The van der Waals surface area contributed by atoms with Crippen molar-refractivity contribution < 1.29 is 4.79 Å². The third-order valence-corrected chi connectivity index (χ3v) is 4.34. The molecule has 0 aliphatic carbocycles. The maximum atomic E-state index is 12.1. The fourth-order valence-electron chi connectivity index (χ4n) is 2.80. The highest BCUT2D eigenvalue weighted by atomic mass is 35.5. The largest absolute Gasteiger partial charge is 0.322 e. The zero-order valence-corrected chi connectivity index (χ0v) is 13.1. The summed E-state index contributed by atoms with van der Waals surface area (Å²) in [5.41, 5.74) is 2.77. The summed E-state index contributed by atoms with van der Waals surface area (Å²) in [5, 5.41) is 6.92. The van der Waals surface area contributed by atoms with Crippen molar-refractivity contribution in [3.8, 4) is 0 Å². The number of hydrogen-bond donors (Lipinski definition) is 2. The molecule has 2 aromatic carbocycles. The van der Waals surface area contributed by atoms with Gasteiger partial charge in [-0.1, -0.05) is 23.7 Å². The highest BCUT2D eigenvalue weighted by molar-refractivity contribution is 6.30. The molecule has 1 aliphatic heterocycles. The topological polar surface area (TPSA) is 41.1 Å². The first-order valence-corrected chi connectivity index (χ1v) is 7.98. The Morgan fingerprint density at radius 2 is 1.64 bits per heavy atom. The molecule has 1 amide bonds. The molecule has 22 heavy (non-hydrogen) atoms. The Bertz CT molecular complexity index is 631. The number of halogens is 1. The molecule has 0 atom stereocenters. The van der Waals surface area contributed by atoms with E-state index in [1.165, 1.54) is 18.4 Å². The van der Waals surface area contributed by atoms with Gasteiger partial charge in [-0.25, -0.2) is 0 Å². The Morgan fingerprint density at radius 3 is 2.27 bits per heavy atom. The fraction of sp³-hybridized carbons (Fsp3) is 0.278. The minimum atomic E-state index is -0.119. The van der Waals surface area contributed by atoms with Gasteiger partial charge in [-0.05, 0) is 73.8 Å². The molecule has 1 heterocycles. The molecular formula is C18H19ClN2O. The van der Waals surface area contributed by atoms with Crippen molar-refractivity contribution in [1.82, 2.24) is 5.32 Å². The number of rotatable bonds is 3. The normalized spacial score (nSPS) is 15.5. The number of amides is 1. The number of anilines is 1. The van der Waals surface area contributed by atoms with Crippen LogP contribution in [0.1, 0.15) is 34.7 Å². The van der Waals surface area contributed by atoms with E-state index >= 15 is 0 Å². The summed E-state index contributed by atoms with van der Waals surface area (Å²) in [6.07, 6.45) is 2.35. The molecule has 2 N–H and O–H groups in total. The molecule has 1 fully saturated rings. The first-order valence-electron chi connectivity index (χ1n) is 7.60. The summed E-state index contributed by atoms with van der Waals surface area (Å²) >= 11 is 5.83. The van der Waals surface area contributed by atoms with Crippen LogP contribution in [0, 0.1) is 0 Å². The predicted octanol–water partition coefficient (Wildman–Crippen LogP) is 4.06. The van der Waals surface area contributed by atoms with Crippen LogP contribution in [0.15, 0.2) is 48.5 Å². The molecule has 4 heteroatoms. The molecule has 1 aliphatic rings. The summed E-state index contributed by atoms with van der Waals surface area (Å²) in [6.45, 7) is 2.17. The van der Waals surface area contributed by atoms with Crippen molar-refractivity contribution in [3.63, 3.8) is 0 Å². The summed E-state index contributed by atoms with van der Waals surface area (Å²) in [5.74, 6) is 0.508. The minimum Gasteiger partial charge on any atom is -0.322 e. The zero-order chi connectivity index (χ0) is 15.4. The van der Waals surface area contributed by atoms with Crippen LogP contribution in [-0.4, -0.2) is 19.0 Å². The van der Waals surface area contributed by atoms with Gasteiger partial charge in [0.1, 0.15) is 0 Å². The van der Waals surface area contributed by atoms with Gasteiger partial charge in [0.15, 0.2) is 0 Å². The Morgan fingerprint density at radius 1 is 1.00 bits per heavy atom. The second-order valence-corrected chi connectivity index (χ2v) is 6.04. The zero-order valence-electron chi connectivity index (χ0n) is 12.3. The molecule has 114 valence electrons. The van der Waals surface area contributed by atoms with Gasteiger partial charge in [0.25, 0.3) is 5.91 Å². The predicted molar refractivity (Wildman–Crippen MR) is 90.7 cm³/mol. The van der Waals surface area contributed by atoms with E-state index in [-0.39, 0.29) is 5.91 Å². The Labute approximate surface area is 135 Å². The van der Waals surface area contributed by atoms with E-state index in [4.69, 9.17) is 11.6 Å². The van der Waals surface area contributed by atoms with Gasteiger partial charge in [-0.2, -0.15) is 0 Å². The first kappa shape index (κ1) is 15.1. The maximum absolute atomic E-state index is 12.1. The van der Waals surface area contributed by atoms with Gasteiger partial charge in [0.05, 0.1) is 0 Å². The summed E-state index contributed by atoms with van der Waals surface area (Å²) in [7, 11) is 0.